The monoisotopic (exact) mass is 439 g/mol. The molecule has 2 amide bonds. The van der Waals surface area contributed by atoms with Gasteiger partial charge in [-0.2, -0.15) is 5.10 Å². The second kappa shape index (κ2) is 8.70. The highest BCUT2D eigenvalue weighted by Gasteiger charge is 2.26. The summed E-state index contributed by atoms with van der Waals surface area (Å²) in [7, 11) is -3.82. The van der Waals surface area contributed by atoms with Gasteiger partial charge in [-0.25, -0.2) is 13.1 Å². The van der Waals surface area contributed by atoms with E-state index in [1.807, 2.05) is 30.3 Å². The molecule has 0 saturated heterocycles. The number of H-pyrrole nitrogens is 1. The number of nitrogens with one attached hydrogen (secondary N) is 4. The van der Waals surface area contributed by atoms with E-state index in [0.717, 1.165) is 24.1 Å². The van der Waals surface area contributed by atoms with Gasteiger partial charge in [-0.15, -0.1) is 0 Å². The molecule has 0 spiro atoms. The largest absolute Gasteiger partial charge is 0.290 e. The van der Waals surface area contributed by atoms with Crippen molar-refractivity contribution < 1.29 is 18.0 Å². The summed E-state index contributed by atoms with van der Waals surface area (Å²) in [5.74, 6) is -0.792. The summed E-state index contributed by atoms with van der Waals surface area (Å²) in [6, 6.07) is 16.3. The molecule has 1 heterocycles. The summed E-state index contributed by atoms with van der Waals surface area (Å²) in [5.41, 5.74) is 6.54. The van der Waals surface area contributed by atoms with Crippen molar-refractivity contribution in [3.63, 3.8) is 0 Å². The van der Waals surface area contributed by atoms with Crippen LogP contribution in [0.5, 0.6) is 0 Å². The van der Waals surface area contributed by atoms with E-state index in [-0.39, 0.29) is 22.7 Å². The Morgan fingerprint density at radius 2 is 1.71 bits per heavy atom. The Labute approximate surface area is 179 Å². The number of hydrogen-bond donors (Lipinski definition) is 4. The zero-order valence-corrected chi connectivity index (χ0v) is 17.3. The minimum atomic E-state index is -3.82. The fraction of sp³-hybridized carbons (Fsp3) is 0.190. The number of rotatable bonds is 7. The van der Waals surface area contributed by atoms with Gasteiger partial charge in [-0.3, -0.25) is 25.5 Å². The summed E-state index contributed by atoms with van der Waals surface area (Å²) in [6.07, 6.45) is 2.14. The Morgan fingerprint density at radius 1 is 0.968 bits per heavy atom. The van der Waals surface area contributed by atoms with E-state index in [9.17, 15) is 18.0 Å². The van der Waals surface area contributed by atoms with Gasteiger partial charge >= 0.3 is 0 Å². The van der Waals surface area contributed by atoms with E-state index < -0.39 is 21.8 Å². The van der Waals surface area contributed by atoms with Crippen molar-refractivity contribution in [3.8, 4) is 0 Å². The molecule has 4 rings (SSSR count). The molecule has 0 bridgehead atoms. The first-order valence-electron chi connectivity index (χ1n) is 9.72. The highest BCUT2D eigenvalue weighted by atomic mass is 32.2. The molecule has 3 aromatic rings. The lowest BCUT2D eigenvalue weighted by Crippen LogP contribution is -2.41. The molecule has 1 aromatic heterocycles. The van der Waals surface area contributed by atoms with E-state index in [1.165, 1.54) is 24.3 Å². The first kappa shape index (κ1) is 20.8. The zero-order valence-electron chi connectivity index (χ0n) is 16.5. The first-order valence-corrected chi connectivity index (χ1v) is 11.2. The predicted molar refractivity (Wildman–Crippen MR) is 112 cm³/mol. The zero-order chi connectivity index (χ0) is 21.8. The highest BCUT2D eigenvalue weighted by molar-refractivity contribution is 7.89. The third-order valence-corrected chi connectivity index (χ3v) is 6.25. The molecule has 1 aliphatic carbocycles. The quantitative estimate of drug-likeness (QED) is 0.417. The van der Waals surface area contributed by atoms with Crippen LogP contribution in [0.3, 0.4) is 0 Å². The van der Waals surface area contributed by atoms with Gasteiger partial charge in [0.2, 0.25) is 10.0 Å². The number of amides is 2. The average Bonchev–Trinajstić information content (AvgIpc) is 3.53. The van der Waals surface area contributed by atoms with Crippen molar-refractivity contribution >= 4 is 21.8 Å². The summed E-state index contributed by atoms with van der Waals surface area (Å²) in [5, 5.41) is 6.76. The number of sulfonamides is 1. The van der Waals surface area contributed by atoms with Crippen LogP contribution in [0.15, 0.2) is 65.6 Å². The SMILES string of the molecule is O=C(NNC(=O)c1cc(C2CC2)[nH]n1)c1cccc(S(=O)(=O)NCc2ccccc2)c1. The molecule has 1 aliphatic rings. The molecule has 9 nitrogen and oxygen atoms in total. The van der Waals surface area contributed by atoms with E-state index in [1.54, 1.807) is 6.07 Å². The van der Waals surface area contributed by atoms with Gasteiger partial charge in [0.25, 0.3) is 11.8 Å². The predicted octanol–water partition coefficient (Wildman–Crippen LogP) is 1.84. The number of aromatic amines is 1. The molecule has 0 radical (unpaired) electrons. The van der Waals surface area contributed by atoms with Gasteiger partial charge in [0.1, 0.15) is 0 Å². The number of carbonyl (C=O) groups excluding carboxylic acids is 2. The smallest absolute Gasteiger partial charge is 0.281 e. The Morgan fingerprint density at radius 3 is 2.45 bits per heavy atom. The van der Waals surface area contributed by atoms with Crippen LogP contribution in [0.25, 0.3) is 0 Å². The molecule has 160 valence electrons. The Hall–Kier alpha value is -3.50. The molecule has 0 aliphatic heterocycles. The molecular weight excluding hydrogens is 418 g/mol. The lowest BCUT2D eigenvalue weighted by molar-refractivity contribution is 0.0844. The van der Waals surface area contributed by atoms with Gasteiger partial charge in [0, 0.05) is 23.7 Å². The van der Waals surface area contributed by atoms with Gasteiger partial charge in [-0.1, -0.05) is 36.4 Å². The maximum atomic E-state index is 12.6. The third kappa shape index (κ3) is 5.16. The summed E-state index contributed by atoms with van der Waals surface area (Å²) in [4.78, 5) is 24.5. The van der Waals surface area contributed by atoms with Crippen molar-refractivity contribution in [2.75, 3.05) is 0 Å². The molecule has 0 unspecified atom stereocenters. The van der Waals surface area contributed by atoms with E-state index >= 15 is 0 Å². The van der Waals surface area contributed by atoms with Gasteiger partial charge < -0.3 is 0 Å². The van der Waals surface area contributed by atoms with Gasteiger partial charge in [0.05, 0.1) is 4.90 Å². The minimum Gasteiger partial charge on any atom is -0.281 e. The highest BCUT2D eigenvalue weighted by Crippen LogP contribution is 2.38. The van der Waals surface area contributed by atoms with E-state index in [0.29, 0.717) is 5.92 Å². The van der Waals surface area contributed by atoms with Crippen LogP contribution >= 0.6 is 0 Å². The van der Waals surface area contributed by atoms with Crippen LogP contribution < -0.4 is 15.6 Å². The summed E-state index contributed by atoms with van der Waals surface area (Å²) < 4.78 is 27.6. The molecule has 31 heavy (non-hydrogen) atoms. The number of carbonyl (C=O) groups is 2. The molecule has 2 aromatic carbocycles. The molecule has 4 N–H and O–H groups in total. The number of hydrogen-bond acceptors (Lipinski definition) is 5. The number of benzene rings is 2. The fourth-order valence-electron chi connectivity index (χ4n) is 2.97. The Bertz CT molecular complexity index is 1200. The normalized spacial score (nSPS) is 13.5. The second-order valence-electron chi connectivity index (χ2n) is 7.23. The average molecular weight is 439 g/mol. The third-order valence-electron chi connectivity index (χ3n) is 4.85. The second-order valence-corrected chi connectivity index (χ2v) is 9.00. The molecular formula is C21H21N5O4S. The van der Waals surface area contributed by atoms with Crippen LogP contribution in [0.2, 0.25) is 0 Å². The fourth-order valence-corrected chi connectivity index (χ4v) is 4.03. The van der Waals surface area contributed by atoms with Crippen molar-refractivity contribution in [1.29, 1.82) is 0 Å². The number of hydrazine groups is 1. The summed E-state index contributed by atoms with van der Waals surface area (Å²) in [6.45, 7) is 0.127. The van der Waals surface area contributed by atoms with Crippen LogP contribution in [-0.2, 0) is 16.6 Å². The molecule has 10 heteroatoms. The van der Waals surface area contributed by atoms with Crippen LogP contribution in [0.1, 0.15) is 50.9 Å². The van der Waals surface area contributed by atoms with Crippen LogP contribution in [-0.4, -0.2) is 30.4 Å². The maximum Gasteiger partial charge on any atom is 0.290 e. The Kier molecular flexibility index (Phi) is 5.83. The molecule has 1 fully saturated rings. The molecule has 0 atom stereocenters. The van der Waals surface area contributed by atoms with E-state index in [4.69, 9.17) is 0 Å². The van der Waals surface area contributed by atoms with Gasteiger partial charge in [0.15, 0.2) is 5.69 Å². The standard InChI is InChI=1S/C21H21N5O4S/c27-20(25-26-21(28)19-12-18(23-24-19)15-9-10-15)16-7-4-8-17(11-16)31(29,30)22-13-14-5-2-1-3-6-14/h1-8,11-12,15,22H,9-10,13H2,(H,23,24)(H,25,27)(H,26,28). The Balaban J connectivity index is 1.37. The lowest BCUT2D eigenvalue weighted by atomic mass is 10.2. The van der Waals surface area contributed by atoms with E-state index in [2.05, 4.69) is 25.8 Å². The number of aromatic nitrogens is 2. The van der Waals surface area contributed by atoms with Crippen molar-refractivity contribution in [1.82, 2.24) is 25.8 Å². The first-order chi connectivity index (χ1) is 14.9. The molecule has 1 saturated carbocycles. The van der Waals surface area contributed by atoms with Gasteiger partial charge in [-0.05, 0) is 42.7 Å². The van der Waals surface area contributed by atoms with Crippen molar-refractivity contribution in [3.05, 3.63) is 83.2 Å². The van der Waals surface area contributed by atoms with Crippen LogP contribution in [0.4, 0.5) is 0 Å². The lowest BCUT2D eigenvalue weighted by Gasteiger charge is -2.09. The van der Waals surface area contributed by atoms with Crippen molar-refractivity contribution in [2.24, 2.45) is 0 Å². The minimum absolute atomic E-state index is 0.0521. The topological polar surface area (TPSA) is 133 Å². The summed E-state index contributed by atoms with van der Waals surface area (Å²) >= 11 is 0. The number of nitrogens with zero attached hydrogens (tertiary/aromatic N) is 1. The maximum absolute atomic E-state index is 12.6. The van der Waals surface area contributed by atoms with Crippen LogP contribution in [0, 0.1) is 0 Å². The van der Waals surface area contributed by atoms with Crippen molar-refractivity contribution in [2.45, 2.75) is 30.2 Å².